The SMILES string of the molecule is Fc1ccc2c(ccn2-c2cc(Cl)c3c(c2)CN(CC2CCCCC2)CCO3)c1. The van der Waals surface area contributed by atoms with Crippen LogP contribution in [0.4, 0.5) is 4.39 Å². The van der Waals surface area contributed by atoms with Crippen LogP contribution in [0.3, 0.4) is 0 Å². The third kappa shape index (κ3) is 3.88. The monoisotopic (exact) mass is 412 g/mol. The van der Waals surface area contributed by atoms with Gasteiger partial charge in [-0.25, -0.2) is 4.39 Å². The van der Waals surface area contributed by atoms with Gasteiger partial charge in [-0.2, -0.15) is 0 Å². The molecule has 0 atom stereocenters. The van der Waals surface area contributed by atoms with Crippen molar-refractivity contribution >= 4 is 22.5 Å². The molecule has 1 saturated carbocycles. The molecule has 2 aromatic carbocycles. The van der Waals surface area contributed by atoms with Crippen molar-refractivity contribution in [2.24, 2.45) is 5.92 Å². The van der Waals surface area contributed by atoms with Crippen molar-refractivity contribution in [3.05, 3.63) is 59.0 Å². The molecule has 5 rings (SSSR count). The minimum atomic E-state index is -0.220. The van der Waals surface area contributed by atoms with Crippen LogP contribution in [0.15, 0.2) is 42.6 Å². The fourth-order valence-corrected chi connectivity index (χ4v) is 5.17. The molecule has 2 aliphatic rings. The highest BCUT2D eigenvalue weighted by atomic mass is 35.5. The van der Waals surface area contributed by atoms with Crippen LogP contribution >= 0.6 is 11.6 Å². The van der Waals surface area contributed by atoms with Gasteiger partial charge in [-0.1, -0.05) is 30.9 Å². The van der Waals surface area contributed by atoms with Gasteiger partial charge in [0, 0.05) is 42.5 Å². The Morgan fingerprint density at radius 1 is 1.07 bits per heavy atom. The number of nitrogens with zero attached hydrogens (tertiary/aromatic N) is 2. The standard InChI is InChI=1S/C24H26ClFN2O/c25-22-14-21(28-9-8-18-12-20(26)6-7-23(18)28)13-19-16-27(10-11-29-24(19)22)15-17-4-2-1-3-5-17/h6-9,12-14,17H,1-5,10-11,15-16H2. The summed E-state index contributed by atoms with van der Waals surface area (Å²) in [6.45, 7) is 3.59. The summed E-state index contributed by atoms with van der Waals surface area (Å²) in [5, 5.41) is 1.52. The van der Waals surface area contributed by atoms with Crippen molar-refractivity contribution in [2.75, 3.05) is 19.7 Å². The van der Waals surface area contributed by atoms with Gasteiger partial charge in [-0.15, -0.1) is 0 Å². The van der Waals surface area contributed by atoms with Crippen molar-refractivity contribution in [1.82, 2.24) is 9.47 Å². The molecule has 5 heteroatoms. The summed E-state index contributed by atoms with van der Waals surface area (Å²) < 4.78 is 21.7. The molecule has 0 N–H and O–H groups in total. The number of aromatic nitrogens is 1. The van der Waals surface area contributed by atoms with Crippen LogP contribution in [0.25, 0.3) is 16.6 Å². The summed E-state index contributed by atoms with van der Waals surface area (Å²) in [4.78, 5) is 2.52. The zero-order valence-corrected chi connectivity index (χ0v) is 17.3. The van der Waals surface area contributed by atoms with Crippen molar-refractivity contribution in [3.8, 4) is 11.4 Å². The highest BCUT2D eigenvalue weighted by molar-refractivity contribution is 6.32. The zero-order chi connectivity index (χ0) is 19.8. The van der Waals surface area contributed by atoms with E-state index in [4.69, 9.17) is 16.3 Å². The van der Waals surface area contributed by atoms with Gasteiger partial charge in [0.1, 0.15) is 18.2 Å². The number of rotatable bonds is 3. The largest absolute Gasteiger partial charge is 0.490 e. The van der Waals surface area contributed by atoms with Crippen LogP contribution in [0.1, 0.15) is 37.7 Å². The average molecular weight is 413 g/mol. The van der Waals surface area contributed by atoms with Gasteiger partial charge in [-0.3, -0.25) is 4.90 Å². The molecule has 1 aliphatic heterocycles. The first kappa shape index (κ1) is 19.0. The second-order valence-corrected chi connectivity index (χ2v) is 8.80. The molecule has 152 valence electrons. The third-order valence-corrected chi connectivity index (χ3v) is 6.61. The molecule has 0 bridgehead atoms. The molecule has 3 aromatic rings. The van der Waals surface area contributed by atoms with Crippen molar-refractivity contribution < 1.29 is 9.13 Å². The molecule has 0 amide bonds. The molecule has 0 spiro atoms. The first-order valence-electron chi connectivity index (χ1n) is 10.6. The van der Waals surface area contributed by atoms with Crippen molar-refractivity contribution in [3.63, 3.8) is 0 Å². The highest BCUT2D eigenvalue weighted by Gasteiger charge is 2.23. The average Bonchev–Trinajstić information content (AvgIpc) is 3.02. The molecule has 2 heterocycles. The number of ether oxygens (including phenoxy) is 1. The van der Waals surface area contributed by atoms with Gasteiger partial charge in [-0.05, 0) is 55.2 Å². The van der Waals surface area contributed by atoms with E-state index in [-0.39, 0.29) is 5.82 Å². The number of benzene rings is 2. The maximum Gasteiger partial charge on any atom is 0.142 e. The number of fused-ring (bicyclic) bond motifs is 2. The van der Waals surface area contributed by atoms with Gasteiger partial charge in [0.15, 0.2) is 0 Å². The Morgan fingerprint density at radius 2 is 1.93 bits per heavy atom. The third-order valence-electron chi connectivity index (χ3n) is 6.32. The van der Waals surface area contributed by atoms with Crippen LogP contribution in [-0.4, -0.2) is 29.2 Å². The predicted molar refractivity (Wildman–Crippen MR) is 116 cm³/mol. The van der Waals surface area contributed by atoms with Gasteiger partial charge in [0.2, 0.25) is 0 Å². The minimum absolute atomic E-state index is 0.220. The van der Waals surface area contributed by atoms with E-state index in [1.54, 1.807) is 6.07 Å². The second kappa shape index (κ2) is 8.00. The smallest absolute Gasteiger partial charge is 0.142 e. The summed E-state index contributed by atoms with van der Waals surface area (Å²) in [6, 6.07) is 10.9. The lowest BCUT2D eigenvalue weighted by atomic mass is 9.89. The molecule has 1 aliphatic carbocycles. The van der Waals surface area contributed by atoms with Gasteiger partial charge >= 0.3 is 0 Å². The number of hydrogen-bond acceptors (Lipinski definition) is 2. The molecule has 0 unspecified atom stereocenters. The summed E-state index contributed by atoms with van der Waals surface area (Å²) in [5.74, 6) is 1.39. The lowest BCUT2D eigenvalue weighted by molar-refractivity contribution is 0.178. The molecular formula is C24H26ClFN2O. The van der Waals surface area contributed by atoms with Crippen LogP contribution in [0.5, 0.6) is 5.75 Å². The molecular weight excluding hydrogens is 387 g/mol. The Kier molecular flexibility index (Phi) is 5.23. The lowest BCUT2D eigenvalue weighted by Crippen LogP contribution is -2.32. The normalized spacial score (nSPS) is 18.4. The van der Waals surface area contributed by atoms with E-state index in [1.807, 2.05) is 24.4 Å². The van der Waals surface area contributed by atoms with Crippen molar-refractivity contribution in [1.29, 1.82) is 0 Å². The molecule has 1 fully saturated rings. The maximum atomic E-state index is 13.6. The van der Waals surface area contributed by atoms with E-state index in [2.05, 4.69) is 15.5 Å². The zero-order valence-electron chi connectivity index (χ0n) is 16.5. The van der Waals surface area contributed by atoms with Crippen molar-refractivity contribution in [2.45, 2.75) is 38.6 Å². The Hall–Kier alpha value is -2.04. The Labute approximate surface area is 176 Å². The topological polar surface area (TPSA) is 17.4 Å². The number of hydrogen-bond donors (Lipinski definition) is 0. The molecule has 3 nitrogen and oxygen atoms in total. The van der Waals surface area contributed by atoms with E-state index in [9.17, 15) is 4.39 Å². The summed E-state index contributed by atoms with van der Waals surface area (Å²) >= 11 is 6.64. The maximum absolute atomic E-state index is 13.6. The summed E-state index contributed by atoms with van der Waals surface area (Å²) in [6.07, 6.45) is 8.77. The van der Waals surface area contributed by atoms with Crippen LogP contribution in [-0.2, 0) is 6.54 Å². The Bertz CT molecular complexity index is 1030. The van der Waals surface area contributed by atoms with E-state index < -0.39 is 0 Å². The van der Waals surface area contributed by atoms with Crippen LogP contribution in [0, 0.1) is 11.7 Å². The Morgan fingerprint density at radius 3 is 2.79 bits per heavy atom. The Balaban J connectivity index is 1.46. The first-order chi connectivity index (χ1) is 14.2. The van der Waals surface area contributed by atoms with Crippen LogP contribution in [0.2, 0.25) is 5.02 Å². The highest BCUT2D eigenvalue weighted by Crippen LogP contribution is 2.36. The van der Waals surface area contributed by atoms with Gasteiger partial charge in [0.25, 0.3) is 0 Å². The quantitative estimate of drug-likeness (QED) is 0.509. The molecule has 0 saturated heterocycles. The predicted octanol–water partition coefficient (Wildman–Crippen LogP) is 6.20. The second-order valence-electron chi connectivity index (χ2n) is 8.39. The summed E-state index contributed by atoms with van der Waals surface area (Å²) in [7, 11) is 0. The van der Waals surface area contributed by atoms with E-state index >= 15 is 0 Å². The fourth-order valence-electron chi connectivity index (χ4n) is 4.88. The lowest BCUT2D eigenvalue weighted by Gasteiger charge is -2.28. The summed E-state index contributed by atoms with van der Waals surface area (Å²) in [5.41, 5.74) is 3.08. The number of halogens is 2. The molecule has 1 aromatic heterocycles. The van der Waals surface area contributed by atoms with Gasteiger partial charge in [0.05, 0.1) is 10.5 Å². The van der Waals surface area contributed by atoms with E-state index in [0.29, 0.717) is 11.6 Å². The minimum Gasteiger partial charge on any atom is -0.490 e. The molecule has 29 heavy (non-hydrogen) atoms. The van der Waals surface area contributed by atoms with E-state index in [0.717, 1.165) is 53.5 Å². The van der Waals surface area contributed by atoms with Gasteiger partial charge < -0.3 is 9.30 Å². The molecule has 0 radical (unpaired) electrons. The first-order valence-corrected chi connectivity index (χ1v) is 11.0. The fraction of sp³-hybridized carbons (Fsp3) is 0.417. The van der Waals surface area contributed by atoms with E-state index in [1.165, 1.54) is 38.2 Å². The van der Waals surface area contributed by atoms with Crippen LogP contribution < -0.4 is 4.74 Å².